The van der Waals surface area contributed by atoms with Crippen molar-refractivity contribution < 1.29 is 9.90 Å². The van der Waals surface area contributed by atoms with Gasteiger partial charge in [0.15, 0.2) is 0 Å². The van der Waals surface area contributed by atoms with Crippen LogP contribution in [0.3, 0.4) is 0 Å². The zero-order chi connectivity index (χ0) is 5.70. The van der Waals surface area contributed by atoms with Crippen LogP contribution in [0.2, 0.25) is 0 Å². The van der Waals surface area contributed by atoms with E-state index >= 15 is 0 Å². The summed E-state index contributed by atoms with van der Waals surface area (Å²) in [6.45, 7) is 0.465. The van der Waals surface area contributed by atoms with Crippen molar-refractivity contribution in [3.63, 3.8) is 0 Å². The Labute approximate surface area is 114 Å². The van der Waals surface area contributed by atoms with Gasteiger partial charge in [-0.3, -0.25) is 4.79 Å². The Hall–Kier alpha value is 1.95. The number of nitrogens with two attached hydrogens (primary N) is 1. The molecule has 9 heavy (non-hydrogen) atoms. The number of carboxylic acid groups (broad SMARTS) is 1. The number of carboxylic acids is 1. The minimum Gasteiger partial charge on any atom is -0.481 e. The quantitative estimate of drug-likeness (QED) is 0.554. The molecule has 3 nitrogen and oxygen atoms in total. The van der Waals surface area contributed by atoms with Crippen molar-refractivity contribution in [2.45, 2.75) is 12.8 Å². The minimum atomic E-state index is -0.773. The molecule has 0 aliphatic heterocycles. The molecule has 5 heteroatoms. The molecule has 0 atom stereocenters. The number of aliphatic carboxylic acids is 1. The second-order valence-corrected chi connectivity index (χ2v) is 1.29. The molecule has 0 aliphatic rings. The fourth-order valence-electron chi connectivity index (χ4n) is 0.253. The Morgan fingerprint density at radius 2 is 1.89 bits per heavy atom. The van der Waals surface area contributed by atoms with E-state index in [2.05, 4.69) is 0 Å². The molecule has 46 valence electrons. The molecule has 0 rings (SSSR count). The average Bonchev–Trinajstić information content (AvgIpc) is 1.61. The van der Waals surface area contributed by atoms with Crippen LogP contribution in [0.15, 0.2) is 0 Å². The minimum absolute atomic E-state index is 0. The van der Waals surface area contributed by atoms with Gasteiger partial charge in [0.05, 0.1) is 0 Å². The second kappa shape index (κ2) is 12.6. The summed E-state index contributed by atoms with van der Waals surface area (Å²) in [5, 5.41) is 7.99. The standard InChI is InChI=1S/C4H9NO2.2Ca/c5-3-1-2-4(6)7;;/h1-3,5H2,(H,6,7);;. The van der Waals surface area contributed by atoms with Crippen LogP contribution >= 0.6 is 0 Å². The number of hydrogen-bond donors (Lipinski definition) is 2. The molecule has 0 bridgehead atoms. The molecule has 0 aliphatic carbocycles. The Kier molecular flexibility index (Phi) is 24.0. The predicted molar refractivity (Wildman–Crippen MR) is 37.4 cm³/mol. The monoisotopic (exact) mass is 183 g/mol. The van der Waals surface area contributed by atoms with Gasteiger partial charge in [-0.15, -0.1) is 0 Å². The summed E-state index contributed by atoms with van der Waals surface area (Å²) in [5.41, 5.74) is 5.01. The maximum Gasteiger partial charge on any atom is 0.303 e. The van der Waals surface area contributed by atoms with Gasteiger partial charge in [0.25, 0.3) is 0 Å². The first kappa shape index (κ1) is 17.2. The molecule has 0 aromatic heterocycles. The van der Waals surface area contributed by atoms with Crippen molar-refractivity contribution in [1.82, 2.24) is 0 Å². The van der Waals surface area contributed by atoms with Crippen LogP contribution in [-0.4, -0.2) is 93.1 Å². The van der Waals surface area contributed by atoms with E-state index < -0.39 is 5.97 Å². The summed E-state index contributed by atoms with van der Waals surface area (Å²) in [7, 11) is 0. The number of hydrogen-bond acceptors (Lipinski definition) is 2. The average molecular weight is 183 g/mol. The first-order valence-corrected chi connectivity index (χ1v) is 2.19. The first-order chi connectivity index (χ1) is 3.27. The van der Waals surface area contributed by atoms with E-state index in [4.69, 9.17) is 10.8 Å². The van der Waals surface area contributed by atoms with Crippen molar-refractivity contribution in [3.8, 4) is 0 Å². The van der Waals surface area contributed by atoms with E-state index in [1.807, 2.05) is 0 Å². The van der Waals surface area contributed by atoms with E-state index in [1.165, 1.54) is 0 Å². The van der Waals surface area contributed by atoms with Crippen LogP contribution in [0, 0.1) is 0 Å². The molecular formula is C4H9Ca2NO2. The molecule has 0 aromatic rings. The van der Waals surface area contributed by atoms with E-state index in [0.717, 1.165) is 0 Å². The van der Waals surface area contributed by atoms with E-state index in [1.54, 1.807) is 0 Å². The summed E-state index contributed by atoms with van der Waals surface area (Å²) in [5.74, 6) is -0.773. The van der Waals surface area contributed by atoms with Crippen molar-refractivity contribution in [1.29, 1.82) is 0 Å². The molecule has 3 N–H and O–H groups in total. The zero-order valence-corrected chi connectivity index (χ0v) is 9.89. The summed E-state index contributed by atoms with van der Waals surface area (Å²) in [4.78, 5) is 9.70. The van der Waals surface area contributed by atoms with Gasteiger partial charge < -0.3 is 10.8 Å². The third-order valence-electron chi connectivity index (χ3n) is 0.595. The fourth-order valence-corrected chi connectivity index (χ4v) is 0.253. The van der Waals surface area contributed by atoms with Gasteiger partial charge in [0.2, 0.25) is 0 Å². The fraction of sp³-hybridized carbons (Fsp3) is 0.750. The van der Waals surface area contributed by atoms with Gasteiger partial charge in [0, 0.05) is 81.9 Å². The summed E-state index contributed by atoms with van der Waals surface area (Å²) in [6.07, 6.45) is 0.770. The van der Waals surface area contributed by atoms with Gasteiger partial charge in [-0.25, -0.2) is 0 Å². The Balaban J connectivity index is -0.000000180. The molecule has 0 aromatic carbocycles. The first-order valence-electron chi connectivity index (χ1n) is 2.19. The van der Waals surface area contributed by atoms with E-state index in [0.29, 0.717) is 13.0 Å². The summed E-state index contributed by atoms with van der Waals surface area (Å²) >= 11 is 0. The smallest absolute Gasteiger partial charge is 0.303 e. The predicted octanol–water partition coefficient (Wildman–Crippen LogP) is -0.952. The second-order valence-electron chi connectivity index (χ2n) is 1.29. The van der Waals surface area contributed by atoms with Crippen LogP contribution in [0.1, 0.15) is 12.8 Å². The maximum absolute atomic E-state index is 9.70. The van der Waals surface area contributed by atoms with E-state index in [9.17, 15) is 4.79 Å². The van der Waals surface area contributed by atoms with Crippen LogP contribution in [0.4, 0.5) is 0 Å². The molecule has 0 saturated carbocycles. The zero-order valence-electron chi connectivity index (χ0n) is 5.47. The third kappa shape index (κ3) is 17.8. The summed E-state index contributed by atoms with van der Waals surface area (Å²) in [6, 6.07) is 0. The molecular weight excluding hydrogens is 174 g/mol. The Bertz CT molecular complexity index is 69.6. The largest absolute Gasteiger partial charge is 0.481 e. The molecule has 4 radical (unpaired) electrons. The van der Waals surface area contributed by atoms with Crippen molar-refractivity contribution in [2.24, 2.45) is 5.73 Å². The molecule has 0 heterocycles. The Morgan fingerprint density at radius 1 is 1.44 bits per heavy atom. The third-order valence-corrected chi connectivity index (χ3v) is 0.595. The normalized spacial score (nSPS) is 6.78. The van der Waals surface area contributed by atoms with Crippen LogP contribution < -0.4 is 5.73 Å². The summed E-state index contributed by atoms with van der Waals surface area (Å²) < 4.78 is 0. The van der Waals surface area contributed by atoms with Gasteiger partial charge in [-0.2, -0.15) is 0 Å². The number of carbonyl (C=O) groups is 1. The Morgan fingerprint density at radius 3 is 2.00 bits per heavy atom. The maximum atomic E-state index is 9.70. The molecule has 0 saturated heterocycles. The molecule has 0 amide bonds. The van der Waals surface area contributed by atoms with Gasteiger partial charge in [-0.05, 0) is 13.0 Å². The topological polar surface area (TPSA) is 63.3 Å². The SMILES string of the molecule is NCCCC(=O)O.[Ca].[Ca]. The van der Waals surface area contributed by atoms with E-state index in [-0.39, 0.29) is 81.9 Å². The van der Waals surface area contributed by atoms with Gasteiger partial charge in [0.1, 0.15) is 0 Å². The molecule has 0 unspecified atom stereocenters. The van der Waals surface area contributed by atoms with Gasteiger partial charge >= 0.3 is 5.97 Å². The van der Waals surface area contributed by atoms with Gasteiger partial charge in [-0.1, -0.05) is 0 Å². The van der Waals surface area contributed by atoms with Crippen molar-refractivity contribution in [3.05, 3.63) is 0 Å². The van der Waals surface area contributed by atoms with Crippen LogP contribution in [0.5, 0.6) is 0 Å². The number of rotatable bonds is 3. The van der Waals surface area contributed by atoms with Crippen LogP contribution in [0.25, 0.3) is 0 Å². The molecule has 0 spiro atoms. The van der Waals surface area contributed by atoms with Crippen molar-refractivity contribution >= 4 is 81.4 Å². The van der Waals surface area contributed by atoms with Crippen LogP contribution in [-0.2, 0) is 4.79 Å². The molecule has 0 fully saturated rings. The van der Waals surface area contributed by atoms with Crippen molar-refractivity contribution in [2.75, 3.05) is 6.54 Å².